The van der Waals surface area contributed by atoms with Crippen LogP contribution in [0.2, 0.25) is 0 Å². The first-order chi connectivity index (χ1) is 16.1. The second-order valence-corrected chi connectivity index (χ2v) is 8.16. The van der Waals surface area contributed by atoms with Gasteiger partial charge in [-0.25, -0.2) is 14.8 Å². The van der Waals surface area contributed by atoms with Crippen molar-refractivity contribution in [2.45, 2.75) is 0 Å². The Kier molecular flexibility index (Phi) is 5.45. The summed E-state index contributed by atoms with van der Waals surface area (Å²) in [6.07, 6.45) is 0. The molecule has 0 aliphatic carbocycles. The van der Waals surface area contributed by atoms with Crippen LogP contribution in [0.15, 0.2) is 66.7 Å². The molecule has 5 rings (SSSR count). The average Bonchev–Trinajstić information content (AvgIpc) is 3.45. The number of carbonyl (C=O) groups is 2. The van der Waals surface area contributed by atoms with E-state index in [1.54, 1.807) is 31.4 Å². The van der Waals surface area contributed by atoms with Gasteiger partial charge in [0.05, 0.1) is 33.9 Å². The molecular weight excluding hydrogens is 440 g/mol. The predicted molar refractivity (Wildman–Crippen MR) is 127 cm³/mol. The minimum absolute atomic E-state index is 0.316. The SMILES string of the molecule is COc1ccc2nc(NC(=O)COC(=O)c3ccccc3-c3nc4ccccc4[nH]3)sc2c1. The normalized spacial score (nSPS) is 10.9. The van der Waals surface area contributed by atoms with Crippen molar-refractivity contribution in [3.8, 4) is 17.1 Å². The number of ether oxygens (including phenoxy) is 2. The molecule has 0 spiro atoms. The number of para-hydroxylation sites is 2. The van der Waals surface area contributed by atoms with Crippen molar-refractivity contribution in [1.29, 1.82) is 0 Å². The van der Waals surface area contributed by atoms with E-state index in [9.17, 15) is 9.59 Å². The fourth-order valence-corrected chi connectivity index (χ4v) is 4.31. The highest BCUT2D eigenvalue weighted by Gasteiger charge is 2.18. The Morgan fingerprint density at radius 1 is 1.00 bits per heavy atom. The maximum Gasteiger partial charge on any atom is 0.339 e. The first kappa shape index (κ1) is 20.7. The smallest absolute Gasteiger partial charge is 0.339 e. The number of nitrogens with zero attached hydrogens (tertiary/aromatic N) is 2. The number of esters is 1. The highest BCUT2D eigenvalue weighted by Crippen LogP contribution is 2.29. The minimum Gasteiger partial charge on any atom is -0.497 e. The zero-order valence-corrected chi connectivity index (χ0v) is 18.3. The van der Waals surface area contributed by atoms with Crippen molar-refractivity contribution >= 4 is 49.6 Å². The van der Waals surface area contributed by atoms with Crippen molar-refractivity contribution < 1.29 is 19.1 Å². The molecule has 0 aliphatic heterocycles. The highest BCUT2D eigenvalue weighted by molar-refractivity contribution is 7.22. The van der Waals surface area contributed by atoms with Crippen LogP contribution in [0.1, 0.15) is 10.4 Å². The summed E-state index contributed by atoms with van der Waals surface area (Å²) >= 11 is 1.31. The molecule has 1 amide bonds. The zero-order valence-electron chi connectivity index (χ0n) is 17.5. The van der Waals surface area contributed by atoms with Crippen LogP contribution < -0.4 is 10.1 Å². The van der Waals surface area contributed by atoms with Crippen LogP contribution in [-0.2, 0) is 9.53 Å². The number of rotatable bonds is 6. The molecule has 5 aromatic rings. The highest BCUT2D eigenvalue weighted by atomic mass is 32.1. The number of nitrogens with one attached hydrogen (secondary N) is 2. The molecule has 0 aliphatic rings. The lowest BCUT2D eigenvalue weighted by Gasteiger charge is -2.08. The Morgan fingerprint density at radius 2 is 1.82 bits per heavy atom. The van der Waals surface area contributed by atoms with Gasteiger partial charge in [-0.05, 0) is 36.4 Å². The first-order valence-electron chi connectivity index (χ1n) is 10.1. The summed E-state index contributed by atoms with van der Waals surface area (Å²) in [5.74, 6) is 0.171. The lowest BCUT2D eigenvalue weighted by molar-refractivity contribution is -0.119. The third-order valence-corrected chi connectivity index (χ3v) is 5.90. The Morgan fingerprint density at radius 3 is 2.67 bits per heavy atom. The zero-order chi connectivity index (χ0) is 22.8. The van der Waals surface area contributed by atoms with Gasteiger partial charge in [-0.15, -0.1) is 0 Å². The molecule has 0 saturated heterocycles. The van der Waals surface area contributed by atoms with E-state index >= 15 is 0 Å². The number of fused-ring (bicyclic) bond motifs is 2. The van der Waals surface area contributed by atoms with Gasteiger partial charge in [-0.3, -0.25) is 10.1 Å². The quantitative estimate of drug-likeness (QED) is 0.359. The molecule has 0 atom stereocenters. The molecule has 33 heavy (non-hydrogen) atoms. The number of thiazole rings is 1. The molecule has 0 fully saturated rings. The lowest BCUT2D eigenvalue weighted by Crippen LogP contribution is -2.21. The van der Waals surface area contributed by atoms with Crippen molar-refractivity contribution in [2.24, 2.45) is 0 Å². The van der Waals surface area contributed by atoms with Crippen LogP contribution in [-0.4, -0.2) is 40.5 Å². The number of carbonyl (C=O) groups excluding carboxylic acids is 2. The Labute approximate surface area is 192 Å². The van der Waals surface area contributed by atoms with E-state index in [0.29, 0.717) is 27.8 Å². The molecule has 2 N–H and O–H groups in total. The van der Waals surface area contributed by atoms with Crippen LogP contribution in [0.5, 0.6) is 5.75 Å². The van der Waals surface area contributed by atoms with Crippen LogP contribution >= 0.6 is 11.3 Å². The molecule has 9 heteroatoms. The number of imidazole rings is 1. The number of benzene rings is 3. The van der Waals surface area contributed by atoms with E-state index in [-0.39, 0.29) is 0 Å². The van der Waals surface area contributed by atoms with Gasteiger partial charge in [-0.1, -0.05) is 41.7 Å². The van der Waals surface area contributed by atoms with E-state index < -0.39 is 18.5 Å². The van der Waals surface area contributed by atoms with Gasteiger partial charge in [0.2, 0.25) is 0 Å². The molecule has 0 unspecified atom stereocenters. The number of H-pyrrole nitrogens is 1. The van der Waals surface area contributed by atoms with Crippen LogP contribution in [0.25, 0.3) is 32.6 Å². The van der Waals surface area contributed by atoms with E-state index in [0.717, 1.165) is 21.3 Å². The van der Waals surface area contributed by atoms with Gasteiger partial charge in [0.1, 0.15) is 11.6 Å². The molecule has 0 bridgehead atoms. The number of methoxy groups -OCH3 is 1. The third kappa shape index (κ3) is 4.26. The molecule has 0 saturated carbocycles. The van der Waals surface area contributed by atoms with Crippen LogP contribution in [0.3, 0.4) is 0 Å². The van der Waals surface area contributed by atoms with Gasteiger partial charge >= 0.3 is 5.97 Å². The molecular formula is C24H18N4O4S. The van der Waals surface area contributed by atoms with E-state index in [1.165, 1.54) is 11.3 Å². The number of hydrogen-bond acceptors (Lipinski definition) is 7. The molecule has 2 heterocycles. The summed E-state index contributed by atoms with van der Waals surface area (Å²) in [4.78, 5) is 37.2. The maximum atomic E-state index is 12.8. The van der Waals surface area contributed by atoms with Gasteiger partial charge < -0.3 is 14.5 Å². The fourth-order valence-electron chi connectivity index (χ4n) is 3.40. The summed E-state index contributed by atoms with van der Waals surface area (Å²) in [5.41, 5.74) is 3.32. The van der Waals surface area contributed by atoms with Crippen molar-refractivity contribution in [3.05, 3.63) is 72.3 Å². The summed E-state index contributed by atoms with van der Waals surface area (Å²) < 4.78 is 11.4. The lowest BCUT2D eigenvalue weighted by atomic mass is 10.1. The van der Waals surface area contributed by atoms with Gasteiger partial charge in [-0.2, -0.15) is 0 Å². The fraction of sp³-hybridized carbons (Fsp3) is 0.0833. The molecule has 164 valence electrons. The number of anilines is 1. The second-order valence-electron chi connectivity index (χ2n) is 7.13. The Bertz CT molecular complexity index is 1460. The minimum atomic E-state index is -0.616. The summed E-state index contributed by atoms with van der Waals surface area (Å²) in [7, 11) is 1.59. The van der Waals surface area contributed by atoms with Gasteiger partial charge in [0, 0.05) is 5.56 Å². The van der Waals surface area contributed by atoms with Crippen molar-refractivity contribution in [3.63, 3.8) is 0 Å². The summed E-state index contributed by atoms with van der Waals surface area (Å²) in [6, 6.07) is 20.0. The van der Waals surface area contributed by atoms with Crippen molar-refractivity contribution in [2.75, 3.05) is 19.0 Å². The first-order valence-corrected chi connectivity index (χ1v) is 10.9. The Hall–Kier alpha value is -4.24. The Balaban J connectivity index is 1.28. The van der Waals surface area contributed by atoms with Crippen molar-refractivity contribution in [1.82, 2.24) is 15.0 Å². The summed E-state index contributed by atoms with van der Waals surface area (Å²) in [5, 5.41) is 3.09. The molecule has 3 aromatic carbocycles. The average molecular weight is 458 g/mol. The van der Waals surface area contributed by atoms with Gasteiger partial charge in [0.25, 0.3) is 5.91 Å². The third-order valence-electron chi connectivity index (χ3n) is 4.97. The van der Waals surface area contributed by atoms with Gasteiger partial charge in [0.15, 0.2) is 11.7 Å². The molecule has 0 radical (unpaired) electrons. The number of amides is 1. The molecule has 8 nitrogen and oxygen atoms in total. The summed E-state index contributed by atoms with van der Waals surface area (Å²) in [6.45, 7) is -0.438. The van der Waals surface area contributed by atoms with Crippen LogP contribution in [0.4, 0.5) is 5.13 Å². The number of aromatic amines is 1. The second kappa shape index (κ2) is 8.71. The topological polar surface area (TPSA) is 106 Å². The maximum absolute atomic E-state index is 12.8. The van der Waals surface area contributed by atoms with Crippen LogP contribution in [0, 0.1) is 0 Å². The standard InChI is InChI=1S/C24H18N4O4S/c1-31-14-10-11-19-20(12-14)33-24(27-19)28-21(29)13-32-23(30)16-7-3-2-6-15(16)22-25-17-8-4-5-9-18(17)26-22/h2-12H,13H2,1H3,(H,25,26)(H,27,28,29). The number of aromatic nitrogens is 3. The molecule has 2 aromatic heterocycles. The van der Waals surface area contributed by atoms with E-state index in [1.807, 2.05) is 42.5 Å². The monoisotopic (exact) mass is 458 g/mol. The predicted octanol–water partition coefficient (Wildman–Crippen LogP) is 4.64. The largest absolute Gasteiger partial charge is 0.497 e. The van der Waals surface area contributed by atoms with E-state index in [2.05, 4.69) is 20.3 Å². The number of hydrogen-bond donors (Lipinski definition) is 2. The van der Waals surface area contributed by atoms with E-state index in [4.69, 9.17) is 9.47 Å².